The minimum atomic E-state index is -0.561. The van der Waals surface area contributed by atoms with Gasteiger partial charge in [-0.3, -0.25) is 9.69 Å². The van der Waals surface area contributed by atoms with Gasteiger partial charge in [-0.25, -0.2) is 4.39 Å². The molecule has 3 heteroatoms. The number of Topliss-reactive ketones (excluding diaryl/α,β-unsaturated/α-hetero) is 1. The number of ketones is 1. The normalized spacial score (nSPS) is 23.8. The molecule has 0 amide bonds. The lowest BCUT2D eigenvalue weighted by atomic mass is 9.89. The number of carbonyl (C=O) groups excluding carboxylic acids is 1. The van der Waals surface area contributed by atoms with Crippen LogP contribution in [0, 0.1) is 5.41 Å². The second-order valence-electron chi connectivity index (χ2n) is 5.87. The SMILES string of the molecule is CN1CCC[C@@H]1/C=C(\F)C(=O)CC(C)(C)C. The number of carbonyl (C=O) groups is 1. The Balaban J connectivity index is 2.59. The Kier molecular flexibility index (Phi) is 4.25. The van der Waals surface area contributed by atoms with Gasteiger partial charge in [-0.05, 0) is 37.9 Å². The largest absolute Gasteiger partial charge is 0.300 e. The van der Waals surface area contributed by atoms with Crippen molar-refractivity contribution in [3.63, 3.8) is 0 Å². The number of allylic oxidation sites excluding steroid dienone is 1. The molecular weight excluding hydrogens is 205 g/mol. The van der Waals surface area contributed by atoms with Crippen LogP contribution in [0.4, 0.5) is 4.39 Å². The number of likely N-dealkylation sites (N-methyl/N-ethyl adjacent to an activating group) is 1. The first-order chi connectivity index (χ1) is 7.29. The van der Waals surface area contributed by atoms with E-state index in [1.54, 1.807) is 0 Å². The molecule has 0 aliphatic carbocycles. The van der Waals surface area contributed by atoms with Gasteiger partial charge >= 0.3 is 0 Å². The molecule has 0 unspecified atom stereocenters. The third-order valence-electron chi connectivity index (χ3n) is 2.87. The smallest absolute Gasteiger partial charge is 0.191 e. The quantitative estimate of drug-likeness (QED) is 0.691. The molecule has 0 saturated carbocycles. The summed E-state index contributed by atoms with van der Waals surface area (Å²) in [4.78, 5) is 13.7. The van der Waals surface area contributed by atoms with E-state index in [2.05, 4.69) is 4.90 Å². The summed E-state index contributed by atoms with van der Waals surface area (Å²) in [5.41, 5.74) is -0.149. The molecular formula is C13H22FNO. The lowest BCUT2D eigenvalue weighted by Crippen LogP contribution is -2.23. The van der Waals surface area contributed by atoms with Crippen molar-refractivity contribution in [3.05, 3.63) is 11.9 Å². The lowest BCUT2D eigenvalue weighted by molar-refractivity contribution is -0.118. The highest BCUT2D eigenvalue weighted by Crippen LogP contribution is 2.23. The molecule has 0 aromatic heterocycles. The minimum absolute atomic E-state index is 0.101. The first-order valence-electron chi connectivity index (χ1n) is 5.90. The molecule has 0 spiro atoms. The Labute approximate surface area is 97.5 Å². The zero-order chi connectivity index (χ0) is 12.3. The molecule has 1 aliphatic rings. The average Bonchev–Trinajstić information content (AvgIpc) is 2.49. The summed E-state index contributed by atoms with van der Waals surface area (Å²) in [5.74, 6) is -0.929. The third-order valence-corrected chi connectivity index (χ3v) is 2.87. The standard InChI is InChI=1S/C13H22FNO/c1-13(2,3)9-12(16)11(14)8-10-6-5-7-15(10)4/h8,10H,5-7,9H2,1-4H3/b11-8-/t10-/m1/s1. The maximum Gasteiger partial charge on any atom is 0.191 e. The fourth-order valence-electron chi connectivity index (χ4n) is 1.97. The van der Waals surface area contributed by atoms with Gasteiger partial charge in [-0.2, -0.15) is 0 Å². The average molecular weight is 227 g/mol. The first kappa shape index (κ1) is 13.4. The van der Waals surface area contributed by atoms with Gasteiger partial charge in [0.1, 0.15) is 0 Å². The van der Waals surface area contributed by atoms with E-state index < -0.39 is 5.83 Å². The van der Waals surface area contributed by atoms with E-state index in [-0.39, 0.29) is 23.7 Å². The summed E-state index contributed by atoms with van der Waals surface area (Å²) in [6, 6.07) is 0.101. The molecule has 16 heavy (non-hydrogen) atoms. The Hall–Kier alpha value is -0.700. The van der Waals surface area contributed by atoms with Gasteiger partial charge < -0.3 is 0 Å². The van der Waals surface area contributed by atoms with Crippen LogP contribution in [0.3, 0.4) is 0 Å². The highest BCUT2D eigenvalue weighted by atomic mass is 19.1. The number of hydrogen-bond acceptors (Lipinski definition) is 2. The fraction of sp³-hybridized carbons (Fsp3) is 0.769. The summed E-state index contributed by atoms with van der Waals surface area (Å²) in [5, 5.41) is 0. The van der Waals surface area contributed by atoms with Crippen LogP contribution in [0.2, 0.25) is 0 Å². The first-order valence-corrected chi connectivity index (χ1v) is 5.90. The van der Waals surface area contributed by atoms with E-state index in [4.69, 9.17) is 0 Å². The molecule has 0 aromatic carbocycles. The molecule has 1 aliphatic heterocycles. The van der Waals surface area contributed by atoms with Crippen LogP contribution in [0.25, 0.3) is 0 Å². The molecule has 2 nitrogen and oxygen atoms in total. The molecule has 1 saturated heterocycles. The van der Waals surface area contributed by atoms with Gasteiger partial charge in [0, 0.05) is 12.5 Å². The van der Waals surface area contributed by atoms with E-state index in [0.29, 0.717) is 0 Å². The van der Waals surface area contributed by atoms with Crippen LogP contribution < -0.4 is 0 Å². The van der Waals surface area contributed by atoms with Crippen molar-refractivity contribution >= 4 is 5.78 Å². The van der Waals surface area contributed by atoms with Crippen molar-refractivity contribution in [2.45, 2.75) is 46.1 Å². The molecule has 1 heterocycles. The predicted octanol–water partition coefficient (Wildman–Crippen LogP) is 2.94. The Morgan fingerprint density at radius 3 is 2.56 bits per heavy atom. The highest BCUT2D eigenvalue weighted by molar-refractivity contribution is 5.93. The van der Waals surface area contributed by atoms with Crippen LogP contribution in [-0.2, 0) is 4.79 Å². The summed E-state index contributed by atoms with van der Waals surface area (Å²) in [6.07, 6.45) is 3.79. The van der Waals surface area contributed by atoms with Gasteiger partial charge in [-0.15, -0.1) is 0 Å². The summed E-state index contributed by atoms with van der Waals surface area (Å²) < 4.78 is 13.6. The predicted molar refractivity (Wildman–Crippen MR) is 63.9 cm³/mol. The molecule has 1 rings (SSSR count). The number of hydrogen-bond donors (Lipinski definition) is 0. The zero-order valence-corrected chi connectivity index (χ0v) is 10.7. The van der Waals surface area contributed by atoms with Crippen LogP contribution in [0.1, 0.15) is 40.0 Å². The molecule has 0 bridgehead atoms. The Morgan fingerprint density at radius 2 is 2.12 bits per heavy atom. The molecule has 0 aromatic rings. The van der Waals surface area contributed by atoms with Gasteiger partial charge in [0.25, 0.3) is 0 Å². The van der Waals surface area contributed by atoms with Crippen LogP contribution in [0.5, 0.6) is 0 Å². The zero-order valence-electron chi connectivity index (χ0n) is 10.7. The van der Waals surface area contributed by atoms with Gasteiger partial charge in [0.2, 0.25) is 0 Å². The summed E-state index contributed by atoms with van der Waals surface area (Å²) in [6.45, 7) is 6.82. The fourth-order valence-corrected chi connectivity index (χ4v) is 1.97. The van der Waals surface area contributed by atoms with Gasteiger partial charge in [-0.1, -0.05) is 20.8 Å². The maximum atomic E-state index is 13.6. The van der Waals surface area contributed by atoms with Crippen LogP contribution in [0.15, 0.2) is 11.9 Å². The van der Waals surface area contributed by atoms with Crippen molar-refractivity contribution in [3.8, 4) is 0 Å². The van der Waals surface area contributed by atoms with E-state index in [0.717, 1.165) is 19.4 Å². The van der Waals surface area contributed by atoms with Crippen LogP contribution >= 0.6 is 0 Å². The minimum Gasteiger partial charge on any atom is -0.300 e. The van der Waals surface area contributed by atoms with E-state index in [1.165, 1.54) is 6.08 Å². The van der Waals surface area contributed by atoms with Crippen molar-refractivity contribution in [2.24, 2.45) is 5.41 Å². The number of nitrogens with zero attached hydrogens (tertiary/aromatic N) is 1. The summed E-state index contributed by atoms with van der Waals surface area (Å²) in [7, 11) is 1.97. The number of rotatable bonds is 3. The van der Waals surface area contributed by atoms with E-state index in [9.17, 15) is 9.18 Å². The molecule has 0 N–H and O–H groups in total. The van der Waals surface area contributed by atoms with E-state index in [1.807, 2.05) is 27.8 Å². The Morgan fingerprint density at radius 1 is 1.50 bits per heavy atom. The highest BCUT2D eigenvalue weighted by Gasteiger charge is 2.23. The molecule has 92 valence electrons. The van der Waals surface area contributed by atoms with Crippen molar-refractivity contribution < 1.29 is 9.18 Å². The topological polar surface area (TPSA) is 20.3 Å². The van der Waals surface area contributed by atoms with Crippen molar-refractivity contribution in [1.29, 1.82) is 0 Å². The monoisotopic (exact) mass is 227 g/mol. The number of likely N-dealkylation sites (tertiary alicyclic amines) is 1. The lowest BCUT2D eigenvalue weighted by Gasteiger charge is -2.18. The van der Waals surface area contributed by atoms with Gasteiger partial charge in [0.15, 0.2) is 11.6 Å². The van der Waals surface area contributed by atoms with E-state index >= 15 is 0 Å². The maximum absolute atomic E-state index is 13.6. The second kappa shape index (κ2) is 5.09. The van der Waals surface area contributed by atoms with Gasteiger partial charge in [0.05, 0.1) is 0 Å². The Bertz CT molecular complexity index is 291. The van der Waals surface area contributed by atoms with Crippen molar-refractivity contribution in [2.75, 3.05) is 13.6 Å². The third kappa shape index (κ3) is 4.05. The van der Waals surface area contributed by atoms with Crippen LogP contribution in [-0.4, -0.2) is 30.3 Å². The second-order valence-corrected chi connectivity index (χ2v) is 5.87. The number of halogens is 1. The summed E-state index contributed by atoms with van der Waals surface area (Å²) >= 11 is 0. The molecule has 0 radical (unpaired) electrons. The molecule has 1 atom stereocenters. The molecule has 1 fully saturated rings. The van der Waals surface area contributed by atoms with Crippen molar-refractivity contribution in [1.82, 2.24) is 4.90 Å².